The topological polar surface area (TPSA) is 13.0 Å². The molecular weight excluding hydrogens is 1310 g/mol. The van der Waals surface area contributed by atoms with E-state index in [1.165, 1.54) is 142 Å². The monoisotopic (exact) mass is 1380 g/mol. The van der Waals surface area contributed by atoms with Crippen LogP contribution in [-0.2, 0) is 0 Å². The highest BCUT2D eigenvalue weighted by molar-refractivity contribution is 6.34. The maximum absolute atomic E-state index is 2.35. The molecule has 0 aliphatic heterocycles. The van der Waals surface area contributed by atoms with Crippen LogP contribution in [0.1, 0.15) is 0 Å². The van der Waals surface area contributed by atoms with E-state index in [9.17, 15) is 0 Å². The Hall–Kier alpha value is -14.1. The first-order valence-electron chi connectivity index (χ1n) is 37.1. The van der Waals surface area contributed by atoms with Crippen molar-refractivity contribution in [3.05, 3.63) is 413 Å². The summed E-state index contributed by atoms with van der Waals surface area (Å²) in [5, 5.41) is 20.5. The molecule has 510 valence electrons. The molecule has 0 aromatic heterocycles. The van der Waals surface area contributed by atoms with Gasteiger partial charge in [0.1, 0.15) is 0 Å². The van der Waals surface area contributed by atoms with Crippen molar-refractivity contribution in [3.63, 3.8) is 0 Å². The third kappa shape index (κ3) is 12.1. The number of hydrogen-bond acceptors (Lipinski definition) is 4. The average molecular weight is 1380 g/mol. The van der Waals surface area contributed by atoms with Gasteiger partial charge in [-0.15, -0.1) is 0 Å². The van der Waals surface area contributed by atoms with E-state index >= 15 is 0 Å². The van der Waals surface area contributed by atoms with Crippen LogP contribution in [-0.4, -0.2) is 14.1 Å². The second-order valence-corrected chi connectivity index (χ2v) is 28.1. The van der Waals surface area contributed by atoms with E-state index < -0.39 is 0 Å². The molecule has 0 saturated carbocycles. The van der Waals surface area contributed by atoms with E-state index in [-0.39, 0.29) is 0 Å². The van der Waals surface area contributed by atoms with Crippen molar-refractivity contribution in [2.45, 2.75) is 0 Å². The Morgan fingerprint density at radius 3 is 0.889 bits per heavy atom. The largest absolute Gasteiger partial charge is 0.344 e. The van der Waals surface area contributed by atoms with Crippen LogP contribution in [0.15, 0.2) is 413 Å². The molecule has 0 spiro atoms. The van der Waals surface area contributed by atoms with Crippen molar-refractivity contribution in [1.82, 2.24) is 0 Å². The minimum Gasteiger partial charge on any atom is -0.344 e. The zero-order chi connectivity index (χ0) is 72.0. The van der Waals surface area contributed by atoms with Gasteiger partial charge in [0.25, 0.3) is 0 Å². The lowest BCUT2D eigenvalue weighted by molar-refractivity contribution is 1.22. The molecular formula is C104H74N4. The van der Waals surface area contributed by atoms with Gasteiger partial charge < -0.3 is 19.6 Å². The summed E-state index contributed by atoms with van der Waals surface area (Å²) in [5.74, 6) is 0. The number of benzene rings is 20. The summed E-state index contributed by atoms with van der Waals surface area (Å²) >= 11 is 0. The van der Waals surface area contributed by atoms with Crippen molar-refractivity contribution < 1.29 is 0 Å². The van der Waals surface area contributed by atoms with Crippen molar-refractivity contribution in [2.75, 3.05) is 33.7 Å². The highest BCUT2D eigenvalue weighted by Crippen LogP contribution is 2.46. The Morgan fingerprint density at radius 1 is 0.148 bits per heavy atom. The highest BCUT2D eigenvalue weighted by Gasteiger charge is 2.21. The van der Waals surface area contributed by atoms with E-state index in [1.54, 1.807) is 0 Å². The fraction of sp³-hybridized carbons (Fsp3) is 0.0192. The number of anilines is 10. The van der Waals surface area contributed by atoms with Crippen LogP contribution in [0.5, 0.6) is 0 Å². The summed E-state index contributed by atoms with van der Waals surface area (Å²) < 4.78 is 0. The maximum atomic E-state index is 2.35. The van der Waals surface area contributed by atoms with E-state index in [4.69, 9.17) is 0 Å². The molecule has 0 aliphatic rings. The molecule has 0 atom stereocenters. The molecule has 4 heteroatoms. The minimum atomic E-state index is 1.11. The first kappa shape index (κ1) is 64.8. The van der Waals surface area contributed by atoms with Gasteiger partial charge in [0.2, 0.25) is 0 Å². The normalized spacial score (nSPS) is 11.4. The van der Waals surface area contributed by atoms with Gasteiger partial charge in [-0.25, -0.2) is 0 Å². The molecule has 108 heavy (non-hydrogen) atoms. The second-order valence-electron chi connectivity index (χ2n) is 28.1. The van der Waals surface area contributed by atoms with Gasteiger partial charge in [0.15, 0.2) is 0 Å². The Bertz CT molecular complexity index is 6610. The molecule has 0 fully saturated rings. The summed E-state index contributed by atoms with van der Waals surface area (Å²) in [5.41, 5.74) is 21.0. The van der Waals surface area contributed by atoms with Crippen molar-refractivity contribution >= 4 is 143 Å². The van der Waals surface area contributed by atoms with Gasteiger partial charge >= 0.3 is 0 Å². The Balaban J connectivity index is 0.000000148. The fourth-order valence-electron chi connectivity index (χ4n) is 16.3. The summed E-state index contributed by atoms with van der Waals surface area (Å²) in [6.45, 7) is 0. The van der Waals surface area contributed by atoms with Crippen molar-refractivity contribution in [1.29, 1.82) is 0 Å². The van der Waals surface area contributed by atoms with Gasteiger partial charge in [-0.3, -0.25) is 0 Å². The number of nitrogens with zero attached hydrogens (tertiary/aromatic N) is 4. The van der Waals surface area contributed by atoms with Crippen LogP contribution in [0.4, 0.5) is 56.9 Å². The van der Waals surface area contributed by atoms with E-state index in [0.717, 1.165) is 45.5 Å². The summed E-state index contributed by atoms with van der Waals surface area (Å²) in [6.07, 6.45) is 0. The number of rotatable bonds is 14. The molecule has 0 radical (unpaired) electrons. The first-order chi connectivity index (χ1) is 53.4. The van der Waals surface area contributed by atoms with Crippen molar-refractivity contribution in [2.24, 2.45) is 0 Å². The Morgan fingerprint density at radius 2 is 0.444 bits per heavy atom. The van der Waals surface area contributed by atoms with E-state index in [0.29, 0.717) is 0 Å². The van der Waals surface area contributed by atoms with Gasteiger partial charge in [-0.1, -0.05) is 303 Å². The zero-order valence-electron chi connectivity index (χ0n) is 60.0. The minimum absolute atomic E-state index is 1.11. The summed E-state index contributed by atoms with van der Waals surface area (Å²) in [7, 11) is 4.34. The van der Waals surface area contributed by atoms with Gasteiger partial charge in [0, 0.05) is 81.7 Å². The van der Waals surface area contributed by atoms with Crippen LogP contribution in [0.2, 0.25) is 0 Å². The van der Waals surface area contributed by atoms with Crippen LogP contribution in [0, 0.1) is 0 Å². The standard InChI is InChI=1S/C55H38N2.C49H36N2/c1-56(53-35-34-51-49-17-8-15-42-14-7-16-48(54(42)49)50-18-9-19-52(53)55(50)51)44-27-20-40(21-28-44)41-24-31-46(32-25-41)57(47-33-26-38-12-5-6-13-43(38)36-47)45-29-22-39(23-30-45)37-10-3-2-4-11-37;1-50(49-34-41-15-7-8-16-46(41)47-17-9-10-18-48(47)49)42-26-19-38(20-27-42)39-23-30-44(31-24-39)51(45-32-25-36-13-5-6-14-40(36)33-45)43-28-21-37(22-29-43)35-11-3-2-4-12-35/h2-36H,1H3;2-34H,1H3. The third-order valence-corrected chi connectivity index (χ3v) is 21.8. The number of fused-ring (bicyclic) bond motifs is 7. The molecule has 0 amide bonds. The van der Waals surface area contributed by atoms with Crippen LogP contribution in [0.25, 0.3) is 131 Å². The zero-order valence-corrected chi connectivity index (χ0v) is 60.0. The molecule has 4 nitrogen and oxygen atoms in total. The van der Waals surface area contributed by atoms with Gasteiger partial charge in [-0.05, 0) is 229 Å². The highest BCUT2D eigenvalue weighted by atomic mass is 15.1. The Labute approximate surface area is 629 Å². The molecule has 0 unspecified atom stereocenters. The maximum Gasteiger partial charge on any atom is 0.0494 e. The van der Waals surface area contributed by atoms with Gasteiger partial charge in [-0.2, -0.15) is 0 Å². The molecule has 0 saturated heterocycles. The molecule has 20 aromatic rings. The van der Waals surface area contributed by atoms with Crippen LogP contribution in [0.3, 0.4) is 0 Å². The lowest BCUT2D eigenvalue weighted by atomic mass is 9.89. The molecule has 20 rings (SSSR count). The van der Waals surface area contributed by atoms with E-state index in [1.807, 2.05) is 0 Å². The number of hydrogen-bond donors (Lipinski definition) is 0. The van der Waals surface area contributed by atoms with E-state index in [2.05, 4.69) is 446 Å². The quantitative estimate of drug-likeness (QED) is 0.0795. The molecule has 0 bridgehead atoms. The smallest absolute Gasteiger partial charge is 0.0494 e. The fourth-order valence-corrected chi connectivity index (χ4v) is 16.3. The molecule has 20 aromatic carbocycles. The molecule has 0 N–H and O–H groups in total. The average Bonchev–Trinajstić information content (AvgIpc) is 0.715. The van der Waals surface area contributed by atoms with Crippen LogP contribution >= 0.6 is 0 Å². The van der Waals surface area contributed by atoms with Gasteiger partial charge in [0.05, 0.1) is 0 Å². The Kier molecular flexibility index (Phi) is 16.7. The lowest BCUT2D eigenvalue weighted by Crippen LogP contribution is -2.10. The van der Waals surface area contributed by atoms with Crippen molar-refractivity contribution in [3.8, 4) is 44.5 Å². The third-order valence-electron chi connectivity index (χ3n) is 21.8. The predicted molar refractivity (Wildman–Crippen MR) is 464 cm³/mol. The second kappa shape index (κ2) is 27.9. The summed E-state index contributed by atoms with van der Waals surface area (Å²) in [4.78, 5) is 9.31. The SMILES string of the molecule is CN(c1ccc(-c2ccc(N(c3ccc(-c4ccccc4)cc3)c3ccc4ccccc4c3)cc2)cc1)c1cc2ccccc2c2ccccc12.CN(c1ccc(-c2ccc(N(c3ccc(-c4ccccc4)cc3)c3ccc4ccccc4c3)cc2)cc1)c1ccc2c3cccc4cccc(c5cccc1c52)c43. The summed E-state index contributed by atoms with van der Waals surface area (Å²) in [6, 6.07) is 150. The predicted octanol–water partition coefficient (Wildman–Crippen LogP) is 29.2. The molecule has 0 heterocycles. The lowest BCUT2D eigenvalue weighted by Gasteiger charge is -2.26. The first-order valence-corrected chi connectivity index (χ1v) is 37.1. The molecule has 0 aliphatic carbocycles. The van der Waals surface area contributed by atoms with Crippen LogP contribution < -0.4 is 19.6 Å².